The van der Waals surface area contributed by atoms with Crippen molar-refractivity contribution in [1.29, 1.82) is 0 Å². The van der Waals surface area contributed by atoms with Crippen LogP contribution in [0.15, 0.2) is 0 Å². The minimum Gasteiger partial charge on any atom is -0.560 e. The molecular formula is C14H6AlBF10O. The number of halogens is 10. The van der Waals surface area contributed by atoms with Crippen molar-refractivity contribution < 1.29 is 47.6 Å². The molecule has 27 heavy (non-hydrogen) atoms. The smallest absolute Gasteiger partial charge is 0.438 e. The summed E-state index contributed by atoms with van der Waals surface area (Å²) in [6.07, 6.45) is 0. The fraction of sp³-hybridized carbons (Fsp3) is 0.143. The lowest BCUT2D eigenvalue weighted by Gasteiger charge is -2.21. The Morgan fingerprint density at radius 1 is 0.481 bits per heavy atom. The van der Waals surface area contributed by atoms with Crippen LogP contribution in [0.3, 0.4) is 0 Å². The molecule has 0 aliphatic carbocycles. The molecule has 0 spiro atoms. The van der Waals surface area contributed by atoms with E-state index in [9.17, 15) is 43.9 Å². The highest BCUT2D eigenvalue weighted by Crippen LogP contribution is 2.21. The molecule has 0 aliphatic rings. The van der Waals surface area contributed by atoms with E-state index >= 15 is 0 Å². The molecule has 0 fully saturated rings. The second-order valence-corrected chi connectivity index (χ2v) is 7.90. The van der Waals surface area contributed by atoms with Gasteiger partial charge in [0.2, 0.25) is 0 Å². The van der Waals surface area contributed by atoms with Gasteiger partial charge in [-0.2, -0.15) is 0 Å². The van der Waals surface area contributed by atoms with Gasteiger partial charge in [-0.15, -0.1) is 0 Å². The Morgan fingerprint density at radius 2 is 0.704 bits per heavy atom. The standard InChI is InChI=1S/C12BF10O.2CH3.Al/c14-3-1(4(15)8(19)11(22)7(3)18)13(24)2-5(16)9(20)12(23)10(21)6(2)17;;;/h;2*1H3;/q-1;;;+1. The molecule has 144 valence electrons. The van der Waals surface area contributed by atoms with Crippen LogP contribution in [0.4, 0.5) is 43.9 Å². The van der Waals surface area contributed by atoms with Gasteiger partial charge in [-0.3, -0.25) is 0 Å². The molecule has 0 saturated heterocycles. The molecule has 0 atom stereocenters. The lowest BCUT2D eigenvalue weighted by Crippen LogP contribution is -2.54. The third-order valence-corrected chi connectivity index (χ3v) is 4.24. The van der Waals surface area contributed by atoms with Gasteiger partial charge in [0, 0.05) is 10.9 Å². The van der Waals surface area contributed by atoms with Crippen molar-refractivity contribution in [1.82, 2.24) is 0 Å². The Morgan fingerprint density at radius 3 is 0.926 bits per heavy atom. The lowest BCUT2D eigenvalue weighted by atomic mass is 9.54. The highest BCUT2D eigenvalue weighted by molar-refractivity contribution is 6.84. The third-order valence-electron chi connectivity index (χ3n) is 3.42. The fourth-order valence-corrected chi connectivity index (χ4v) is 3.07. The molecule has 2 aromatic carbocycles. The predicted octanol–water partition coefficient (Wildman–Crippen LogP) is 3.45. The van der Waals surface area contributed by atoms with Gasteiger partial charge in [-0.1, -0.05) is 11.6 Å². The van der Waals surface area contributed by atoms with E-state index in [1.54, 1.807) is 0 Å². The summed E-state index contributed by atoms with van der Waals surface area (Å²) in [6, 6.07) is 0. The molecular weight excluding hydrogens is 412 g/mol. The second kappa shape index (κ2) is 7.73. The topological polar surface area (TPSA) is 9.23 Å². The van der Waals surface area contributed by atoms with Crippen LogP contribution in [0.25, 0.3) is 0 Å². The van der Waals surface area contributed by atoms with Gasteiger partial charge in [0.25, 0.3) is 0 Å². The van der Waals surface area contributed by atoms with Crippen LogP contribution < -0.4 is 10.9 Å². The molecule has 2 rings (SSSR count). The van der Waals surface area contributed by atoms with Crippen molar-refractivity contribution in [3.8, 4) is 0 Å². The van der Waals surface area contributed by atoms with Crippen LogP contribution in [-0.4, -0.2) is 21.4 Å². The zero-order chi connectivity index (χ0) is 20.8. The average molecular weight is 418 g/mol. The molecule has 0 saturated carbocycles. The largest absolute Gasteiger partial charge is 0.560 e. The van der Waals surface area contributed by atoms with E-state index in [4.69, 9.17) is 3.71 Å². The van der Waals surface area contributed by atoms with Crippen molar-refractivity contribution in [3.05, 3.63) is 58.2 Å². The Bertz CT molecular complexity index is 792. The van der Waals surface area contributed by atoms with E-state index in [2.05, 4.69) is 0 Å². The van der Waals surface area contributed by atoms with E-state index in [0.717, 1.165) is 0 Å². The number of hydrogen-bond donors (Lipinski definition) is 0. The SMILES string of the molecule is [CH3][Al]([CH3])[O]B(c1c(F)c(F)c(F)c(F)c1F)c1c(F)c(F)c(F)c(F)c1F. The predicted molar refractivity (Wildman–Crippen MR) is 76.1 cm³/mol. The van der Waals surface area contributed by atoms with Crippen LogP contribution in [0.2, 0.25) is 11.6 Å². The van der Waals surface area contributed by atoms with Crippen LogP contribution >= 0.6 is 0 Å². The number of hydrogen-bond acceptors (Lipinski definition) is 1. The molecule has 0 bridgehead atoms. The summed E-state index contributed by atoms with van der Waals surface area (Å²) < 4.78 is 141. The average Bonchev–Trinajstić information content (AvgIpc) is 2.61. The van der Waals surface area contributed by atoms with Crippen molar-refractivity contribution in [2.45, 2.75) is 11.6 Å². The lowest BCUT2D eigenvalue weighted by molar-refractivity contribution is 0.379. The maximum Gasteiger partial charge on any atom is 0.438 e. The van der Waals surface area contributed by atoms with Crippen molar-refractivity contribution in [2.24, 2.45) is 0 Å². The molecule has 0 radical (unpaired) electrons. The highest BCUT2D eigenvalue weighted by Gasteiger charge is 2.41. The highest BCUT2D eigenvalue weighted by atomic mass is 27.2. The third kappa shape index (κ3) is 3.55. The minimum absolute atomic E-state index is 1.27. The zero-order valence-corrected chi connectivity index (χ0v) is 14.5. The van der Waals surface area contributed by atoms with Gasteiger partial charge >= 0.3 is 21.4 Å². The van der Waals surface area contributed by atoms with Gasteiger partial charge in [0.1, 0.15) is 0 Å². The summed E-state index contributed by atoms with van der Waals surface area (Å²) >= 11 is -2.58. The molecule has 0 aromatic heterocycles. The van der Waals surface area contributed by atoms with Gasteiger partial charge in [0.15, 0.2) is 58.2 Å². The van der Waals surface area contributed by atoms with Crippen LogP contribution in [0, 0.1) is 58.2 Å². The molecule has 0 aliphatic heterocycles. The fourth-order valence-electron chi connectivity index (χ4n) is 2.26. The first-order valence-electron chi connectivity index (χ1n) is 7.09. The summed E-state index contributed by atoms with van der Waals surface area (Å²) in [5, 5.41) is 0. The Balaban J connectivity index is 2.94. The second-order valence-electron chi connectivity index (χ2n) is 5.53. The molecule has 0 N–H and O–H groups in total. The first kappa shape index (κ1) is 21.6. The van der Waals surface area contributed by atoms with E-state index in [1.807, 2.05) is 0 Å². The first-order chi connectivity index (χ1) is 12.4. The van der Waals surface area contributed by atoms with E-state index in [-0.39, 0.29) is 0 Å². The normalized spacial score (nSPS) is 11.1. The van der Waals surface area contributed by atoms with Gasteiger partial charge in [-0.05, 0) is 0 Å². The Labute approximate surface area is 150 Å². The maximum absolute atomic E-state index is 14.0. The van der Waals surface area contributed by atoms with Crippen LogP contribution in [-0.2, 0) is 3.71 Å². The quantitative estimate of drug-likeness (QED) is 0.320. The molecule has 1 nitrogen and oxygen atoms in total. The summed E-state index contributed by atoms with van der Waals surface area (Å²) in [4.78, 5) is 0. The van der Waals surface area contributed by atoms with Crippen LogP contribution in [0.5, 0.6) is 0 Å². The number of benzene rings is 2. The minimum atomic E-state index is -2.76. The van der Waals surface area contributed by atoms with E-state index in [1.165, 1.54) is 11.6 Å². The summed E-state index contributed by atoms with van der Waals surface area (Å²) in [5.74, 6) is -22.5. The molecule has 0 amide bonds. The summed E-state index contributed by atoms with van der Waals surface area (Å²) in [5.41, 5.74) is -3.73. The molecule has 13 heteroatoms. The molecule has 0 unspecified atom stereocenters. The van der Waals surface area contributed by atoms with Crippen molar-refractivity contribution in [2.75, 3.05) is 0 Å². The Hall–Kier alpha value is -1.70. The molecule has 2 aromatic rings. The van der Waals surface area contributed by atoms with Gasteiger partial charge in [-0.25, -0.2) is 43.9 Å². The molecule has 0 heterocycles. The number of rotatable bonds is 4. The summed E-state index contributed by atoms with van der Waals surface area (Å²) in [7, 11) is 0. The first-order valence-corrected chi connectivity index (χ1v) is 9.87. The van der Waals surface area contributed by atoms with Gasteiger partial charge < -0.3 is 3.71 Å². The summed E-state index contributed by atoms with van der Waals surface area (Å²) in [6.45, 7) is -2.76. The Kier molecular flexibility index (Phi) is 6.18. The van der Waals surface area contributed by atoms with Crippen LogP contribution in [0.1, 0.15) is 0 Å². The van der Waals surface area contributed by atoms with E-state index < -0.39 is 90.5 Å². The maximum atomic E-state index is 14.0. The zero-order valence-electron chi connectivity index (χ0n) is 13.3. The van der Waals surface area contributed by atoms with Crippen molar-refractivity contribution in [3.63, 3.8) is 0 Å². The van der Waals surface area contributed by atoms with Crippen molar-refractivity contribution >= 4 is 32.3 Å². The van der Waals surface area contributed by atoms with E-state index in [0.29, 0.717) is 0 Å². The van der Waals surface area contributed by atoms with Gasteiger partial charge in [0.05, 0.1) is 0 Å². The monoisotopic (exact) mass is 418 g/mol.